The minimum absolute atomic E-state index is 0.0816. The van der Waals surface area contributed by atoms with Crippen LogP contribution in [0.25, 0.3) is 0 Å². The number of esters is 1. The molecule has 0 fully saturated rings. The molecule has 6 heteroatoms. The predicted octanol–water partition coefficient (Wildman–Crippen LogP) is 2.31. The highest BCUT2D eigenvalue weighted by Crippen LogP contribution is 2.36. The first-order valence-electron chi connectivity index (χ1n) is 6.85. The molecule has 0 aromatic heterocycles. The summed E-state index contributed by atoms with van der Waals surface area (Å²) in [6, 6.07) is 9.92. The van der Waals surface area contributed by atoms with Crippen LogP contribution in [0, 0.1) is 0 Å². The van der Waals surface area contributed by atoms with Gasteiger partial charge in [0.2, 0.25) is 0 Å². The zero-order valence-corrected chi connectivity index (χ0v) is 13.1. The molecule has 0 radical (unpaired) electrons. The number of ketones is 2. The van der Waals surface area contributed by atoms with Gasteiger partial charge in [-0.1, -0.05) is 24.3 Å². The second-order valence-corrected chi connectivity index (χ2v) is 5.99. The van der Waals surface area contributed by atoms with Crippen molar-refractivity contribution >= 4 is 35.0 Å². The zero-order chi connectivity index (χ0) is 16.6. The standard InChI is InChI=1S/C17H13NO4S/c1-22-13(19)8-23-12-7-6-11-14(15(12)18)17(21)10-5-3-2-4-9(10)16(11)20/h2-7H,8,18H2,1H3. The number of nitrogen functional groups attached to an aromatic ring is 1. The predicted molar refractivity (Wildman–Crippen MR) is 86.9 cm³/mol. The minimum atomic E-state index is -0.389. The molecule has 2 N–H and O–H groups in total. The SMILES string of the molecule is COC(=O)CSc1ccc2c(c1N)C(=O)c1ccccc1C2=O. The molecular formula is C17H13NO4S. The Labute approximate surface area is 136 Å². The highest BCUT2D eigenvalue weighted by molar-refractivity contribution is 8.00. The van der Waals surface area contributed by atoms with Crippen LogP contribution in [0.5, 0.6) is 0 Å². The van der Waals surface area contributed by atoms with Crippen molar-refractivity contribution in [3.8, 4) is 0 Å². The number of nitrogens with two attached hydrogens (primary N) is 1. The van der Waals surface area contributed by atoms with E-state index >= 15 is 0 Å². The van der Waals surface area contributed by atoms with Crippen molar-refractivity contribution in [1.82, 2.24) is 0 Å². The van der Waals surface area contributed by atoms with Crippen LogP contribution in [-0.4, -0.2) is 30.4 Å². The Kier molecular flexibility index (Phi) is 3.92. The molecule has 0 atom stereocenters. The Hall–Kier alpha value is -2.60. The lowest BCUT2D eigenvalue weighted by atomic mass is 9.83. The van der Waals surface area contributed by atoms with Gasteiger partial charge < -0.3 is 10.5 Å². The van der Waals surface area contributed by atoms with Gasteiger partial charge in [-0.2, -0.15) is 0 Å². The first-order chi connectivity index (χ1) is 11.0. The van der Waals surface area contributed by atoms with E-state index in [0.29, 0.717) is 21.6 Å². The molecule has 0 aliphatic heterocycles. The van der Waals surface area contributed by atoms with Gasteiger partial charge in [0.15, 0.2) is 11.6 Å². The average Bonchev–Trinajstić information content (AvgIpc) is 2.58. The van der Waals surface area contributed by atoms with Gasteiger partial charge in [0.1, 0.15) is 0 Å². The number of carbonyl (C=O) groups excluding carboxylic acids is 3. The second kappa shape index (κ2) is 5.89. The summed E-state index contributed by atoms with van der Waals surface area (Å²) in [5.74, 6) is -0.794. The number of thioether (sulfide) groups is 1. The van der Waals surface area contributed by atoms with Gasteiger partial charge in [-0.15, -0.1) is 11.8 Å². The van der Waals surface area contributed by atoms with E-state index in [1.807, 2.05) is 0 Å². The van der Waals surface area contributed by atoms with E-state index in [0.717, 1.165) is 0 Å². The van der Waals surface area contributed by atoms with Crippen LogP contribution < -0.4 is 5.73 Å². The van der Waals surface area contributed by atoms with Gasteiger partial charge in [0.05, 0.1) is 24.1 Å². The number of fused-ring (bicyclic) bond motifs is 2. The Bertz CT molecular complexity index is 844. The third kappa shape index (κ3) is 2.51. The lowest BCUT2D eigenvalue weighted by molar-refractivity contribution is -0.137. The van der Waals surface area contributed by atoms with E-state index < -0.39 is 0 Å². The van der Waals surface area contributed by atoms with E-state index in [1.165, 1.54) is 18.9 Å². The van der Waals surface area contributed by atoms with E-state index in [1.54, 1.807) is 36.4 Å². The van der Waals surface area contributed by atoms with Crippen molar-refractivity contribution in [2.45, 2.75) is 4.90 Å². The smallest absolute Gasteiger partial charge is 0.315 e. The summed E-state index contributed by atoms with van der Waals surface area (Å²) < 4.78 is 4.59. The maximum atomic E-state index is 12.7. The van der Waals surface area contributed by atoms with Gasteiger partial charge in [-0.05, 0) is 12.1 Å². The molecule has 1 aliphatic carbocycles. The molecule has 0 unspecified atom stereocenters. The molecular weight excluding hydrogens is 314 g/mol. The van der Waals surface area contributed by atoms with Crippen molar-refractivity contribution in [3.05, 3.63) is 58.7 Å². The fraction of sp³-hybridized carbons (Fsp3) is 0.118. The second-order valence-electron chi connectivity index (χ2n) is 4.97. The number of rotatable bonds is 3. The molecule has 23 heavy (non-hydrogen) atoms. The molecule has 1 aliphatic rings. The Morgan fingerprint density at radius 1 is 1.04 bits per heavy atom. The van der Waals surface area contributed by atoms with Crippen molar-refractivity contribution < 1.29 is 19.1 Å². The van der Waals surface area contributed by atoms with E-state index in [4.69, 9.17) is 5.73 Å². The lowest BCUT2D eigenvalue weighted by Gasteiger charge is -2.20. The fourth-order valence-corrected chi connectivity index (χ4v) is 3.33. The van der Waals surface area contributed by atoms with Crippen LogP contribution in [-0.2, 0) is 9.53 Å². The van der Waals surface area contributed by atoms with E-state index in [-0.39, 0.29) is 34.5 Å². The van der Waals surface area contributed by atoms with Gasteiger partial charge in [0.25, 0.3) is 0 Å². The van der Waals surface area contributed by atoms with Crippen molar-refractivity contribution in [1.29, 1.82) is 0 Å². The summed E-state index contributed by atoms with van der Waals surface area (Å²) >= 11 is 1.17. The number of hydrogen-bond acceptors (Lipinski definition) is 6. The van der Waals surface area contributed by atoms with Crippen molar-refractivity contribution in [3.63, 3.8) is 0 Å². The van der Waals surface area contributed by atoms with Crippen LogP contribution in [0.4, 0.5) is 5.69 Å². The van der Waals surface area contributed by atoms with Crippen LogP contribution >= 0.6 is 11.8 Å². The lowest BCUT2D eigenvalue weighted by Crippen LogP contribution is -2.22. The number of ether oxygens (including phenoxy) is 1. The largest absolute Gasteiger partial charge is 0.468 e. The number of methoxy groups -OCH3 is 1. The van der Waals surface area contributed by atoms with Gasteiger partial charge in [0, 0.05) is 21.6 Å². The Balaban J connectivity index is 2.06. The summed E-state index contributed by atoms with van der Waals surface area (Å²) in [6.45, 7) is 0. The molecule has 0 saturated carbocycles. The van der Waals surface area contributed by atoms with Gasteiger partial charge in [-0.25, -0.2) is 0 Å². The molecule has 116 valence electrons. The van der Waals surface area contributed by atoms with Gasteiger partial charge in [-0.3, -0.25) is 14.4 Å². The summed E-state index contributed by atoms with van der Waals surface area (Å²) in [5.41, 5.74) is 7.57. The normalized spacial score (nSPS) is 12.6. The summed E-state index contributed by atoms with van der Waals surface area (Å²) in [5, 5.41) is 0. The Morgan fingerprint density at radius 2 is 1.70 bits per heavy atom. The molecule has 2 aromatic carbocycles. The molecule has 5 nitrogen and oxygen atoms in total. The molecule has 0 amide bonds. The summed E-state index contributed by atoms with van der Waals surface area (Å²) in [6.07, 6.45) is 0. The zero-order valence-electron chi connectivity index (χ0n) is 12.3. The van der Waals surface area contributed by atoms with Crippen LogP contribution in [0.3, 0.4) is 0 Å². The first kappa shape index (κ1) is 15.3. The molecule has 0 bridgehead atoms. The van der Waals surface area contributed by atoms with E-state index in [2.05, 4.69) is 4.74 Å². The van der Waals surface area contributed by atoms with Gasteiger partial charge >= 0.3 is 5.97 Å². The van der Waals surface area contributed by atoms with Crippen molar-refractivity contribution in [2.24, 2.45) is 0 Å². The third-order valence-electron chi connectivity index (χ3n) is 3.67. The molecule has 0 spiro atoms. The monoisotopic (exact) mass is 327 g/mol. The average molecular weight is 327 g/mol. The molecule has 0 heterocycles. The molecule has 2 aromatic rings. The minimum Gasteiger partial charge on any atom is -0.468 e. The fourth-order valence-electron chi connectivity index (χ4n) is 2.51. The maximum Gasteiger partial charge on any atom is 0.315 e. The van der Waals surface area contributed by atoms with E-state index in [9.17, 15) is 14.4 Å². The quantitative estimate of drug-likeness (QED) is 0.451. The maximum absolute atomic E-state index is 12.7. The van der Waals surface area contributed by atoms with Crippen LogP contribution in [0.15, 0.2) is 41.3 Å². The topological polar surface area (TPSA) is 86.5 Å². The number of anilines is 1. The molecule has 3 rings (SSSR count). The first-order valence-corrected chi connectivity index (χ1v) is 7.83. The number of hydrogen-bond donors (Lipinski definition) is 1. The molecule has 0 saturated heterocycles. The summed E-state index contributed by atoms with van der Waals surface area (Å²) in [7, 11) is 1.30. The highest BCUT2D eigenvalue weighted by atomic mass is 32.2. The highest BCUT2D eigenvalue weighted by Gasteiger charge is 2.31. The number of carbonyl (C=O) groups is 3. The number of benzene rings is 2. The summed E-state index contributed by atoms with van der Waals surface area (Å²) in [4.78, 5) is 37.1. The van der Waals surface area contributed by atoms with Crippen LogP contribution in [0.1, 0.15) is 31.8 Å². The third-order valence-corrected chi connectivity index (χ3v) is 4.71. The van der Waals surface area contributed by atoms with Crippen molar-refractivity contribution in [2.75, 3.05) is 18.6 Å². The Morgan fingerprint density at radius 3 is 2.35 bits per heavy atom. The van der Waals surface area contributed by atoms with Crippen LogP contribution in [0.2, 0.25) is 0 Å².